The van der Waals surface area contributed by atoms with Crippen LogP contribution in [0.1, 0.15) is 47.4 Å². The summed E-state index contributed by atoms with van der Waals surface area (Å²) in [5.74, 6) is -0.458. The van der Waals surface area contributed by atoms with E-state index in [0.717, 1.165) is 16.8 Å². The van der Waals surface area contributed by atoms with Crippen LogP contribution in [-0.4, -0.2) is 30.6 Å². The number of amides is 2. The fourth-order valence-corrected chi connectivity index (χ4v) is 3.88. The van der Waals surface area contributed by atoms with Crippen LogP contribution in [0.25, 0.3) is 0 Å². The van der Waals surface area contributed by atoms with Crippen LogP contribution in [0.4, 0.5) is 5.69 Å². The number of carbonyl (C=O) groups is 2. The smallest absolute Gasteiger partial charge is 0.259 e. The number of ether oxygens (including phenoxy) is 1. The number of benzene rings is 2. The molecule has 0 fully saturated rings. The molecule has 0 aliphatic carbocycles. The third-order valence-corrected chi connectivity index (χ3v) is 5.70. The number of rotatable bonds is 6. The first-order chi connectivity index (χ1) is 15.8. The van der Waals surface area contributed by atoms with Crippen molar-refractivity contribution < 1.29 is 19.4 Å². The van der Waals surface area contributed by atoms with Crippen molar-refractivity contribution in [2.45, 2.75) is 32.8 Å². The van der Waals surface area contributed by atoms with E-state index in [0.29, 0.717) is 36.4 Å². The number of nitrogens with one attached hydrogen (secondary N) is 1. The predicted octanol–water partition coefficient (Wildman–Crippen LogP) is 3.59. The average Bonchev–Trinajstić information content (AvgIpc) is 2.99. The number of para-hydroxylation sites is 1. The van der Waals surface area contributed by atoms with Gasteiger partial charge in [0.05, 0.1) is 30.4 Å². The molecule has 2 unspecified atom stereocenters. The number of hydrogen-bond donors (Lipinski definition) is 3. The van der Waals surface area contributed by atoms with Crippen molar-refractivity contribution in [1.29, 1.82) is 0 Å². The summed E-state index contributed by atoms with van der Waals surface area (Å²) in [5.41, 5.74) is 9.02. The van der Waals surface area contributed by atoms with Crippen LogP contribution in [0.5, 0.6) is 5.75 Å². The zero-order valence-corrected chi connectivity index (χ0v) is 19.2. The van der Waals surface area contributed by atoms with E-state index in [2.05, 4.69) is 5.32 Å². The highest BCUT2D eigenvalue weighted by Crippen LogP contribution is 2.34. The second-order valence-electron chi connectivity index (χ2n) is 8.13. The van der Waals surface area contributed by atoms with E-state index in [4.69, 9.17) is 10.5 Å². The van der Waals surface area contributed by atoms with Crippen molar-refractivity contribution in [3.63, 3.8) is 0 Å². The van der Waals surface area contributed by atoms with E-state index in [1.807, 2.05) is 25.1 Å². The van der Waals surface area contributed by atoms with Gasteiger partial charge in [0.1, 0.15) is 5.75 Å². The number of aliphatic hydroxyl groups is 1. The van der Waals surface area contributed by atoms with Crippen molar-refractivity contribution in [2.75, 3.05) is 18.6 Å². The summed E-state index contributed by atoms with van der Waals surface area (Å²) in [6, 6.07) is 12.7. The van der Waals surface area contributed by atoms with Gasteiger partial charge in [0.15, 0.2) is 0 Å². The first-order valence-electron chi connectivity index (χ1n) is 11.0. The van der Waals surface area contributed by atoms with Gasteiger partial charge in [-0.1, -0.05) is 42.8 Å². The maximum atomic E-state index is 13.3. The highest BCUT2D eigenvalue weighted by molar-refractivity contribution is 5.98. The van der Waals surface area contributed by atoms with E-state index >= 15 is 0 Å². The Labute approximate surface area is 194 Å². The Bertz CT molecular complexity index is 1080. The van der Waals surface area contributed by atoms with E-state index in [9.17, 15) is 14.7 Å². The van der Waals surface area contributed by atoms with Crippen LogP contribution < -0.4 is 20.7 Å². The van der Waals surface area contributed by atoms with Crippen LogP contribution in [0.2, 0.25) is 0 Å². The van der Waals surface area contributed by atoms with Crippen LogP contribution in [0, 0.1) is 12.8 Å². The summed E-state index contributed by atoms with van der Waals surface area (Å²) in [6.45, 7) is 4.30. The molecule has 174 valence electrons. The molecule has 3 rings (SSSR count). The van der Waals surface area contributed by atoms with Gasteiger partial charge in [0.2, 0.25) is 5.91 Å². The Balaban J connectivity index is 1.74. The minimum Gasteiger partial charge on any atom is -0.496 e. The first kappa shape index (κ1) is 24.1. The largest absolute Gasteiger partial charge is 0.496 e. The molecule has 1 heterocycles. The number of hydrogen-bond acceptors (Lipinski definition) is 5. The summed E-state index contributed by atoms with van der Waals surface area (Å²) < 4.78 is 5.23. The molecule has 0 saturated heterocycles. The zero-order chi connectivity index (χ0) is 24.0. The van der Waals surface area contributed by atoms with Gasteiger partial charge in [-0.3, -0.25) is 9.59 Å². The summed E-state index contributed by atoms with van der Waals surface area (Å²) in [7, 11) is 1.50. The number of nitrogens with zero attached hydrogens (tertiary/aromatic N) is 1. The van der Waals surface area contributed by atoms with E-state index in [1.165, 1.54) is 13.3 Å². The fourth-order valence-electron chi connectivity index (χ4n) is 3.88. The van der Waals surface area contributed by atoms with Gasteiger partial charge in [-0.05, 0) is 44.0 Å². The average molecular weight is 450 g/mol. The lowest BCUT2D eigenvalue weighted by Crippen LogP contribution is -2.35. The molecule has 0 radical (unpaired) electrons. The molecule has 2 aromatic carbocycles. The Morgan fingerprint density at radius 1 is 1.27 bits per heavy atom. The standard InChI is InChI=1S/C26H31N3O4/c1-17-10-13-22-21(15-17)23(30)8-6-14-29(22)26(32)18(2)11-12-19(16-27)28-25(31)20-7-4-5-9-24(20)33-3/h4-5,7,9-13,15-16,18,23,30H,6,8,14,27H2,1-3H3,(H,28,31)/b12-11-,19-16+. The molecule has 2 atom stereocenters. The van der Waals surface area contributed by atoms with Gasteiger partial charge in [-0.2, -0.15) is 0 Å². The minimum atomic E-state index is -0.583. The highest BCUT2D eigenvalue weighted by Gasteiger charge is 2.27. The number of anilines is 1. The maximum Gasteiger partial charge on any atom is 0.259 e. The third-order valence-electron chi connectivity index (χ3n) is 5.70. The lowest BCUT2D eigenvalue weighted by molar-refractivity contribution is -0.120. The van der Waals surface area contributed by atoms with Gasteiger partial charge >= 0.3 is 0 Å². The van der Waals surface area contributed by atoms with Crippen LogP contribution in [0.3, 0.4) is 0 Å². The number of allylic oxidation sites excluding steroid dienone is 1. The number of carbonyl (C=O) groups excluding carboxylic acids is 2. The van der Waals surface area contributed by atoms with Crippen LogP contribution in [0.15, 0.2) is 66.5 Å². The third kappa shape index (κ3) is 5.62. The monoisotopic (exact) mass is 449 g/mol. The molecule has 33 heavy (non-hydrogen) atoms. The molecular weight excluding hydrogens is 418 g/mol. The summed E-state index contributed by atoms with van der Waals surface area (Å²) >= 11 is 0. The van der Waals surface area contributed by atoms with E-state index in [-0.39, 0.29) is 11.8 Å². The van der Waals surface area contributed by atoms with Crippen molar-refractivity contribution in [3.05, 3.63) is 83.2 Å². The predicted molar refractivity (Wildman–Crippen MR) is 129 cm³/mol. The van der Waals surface area contributed by atoms with Gasteiger partial charge < -0.3 is 25.8 Å². The zero-order valence-electron chi connectivity index (χ0n) is 19.2. The molecule has 0 saturated carbocycles. The Morgan fingerprint density at radius 2 is 2.03 bits per heavy atom. The Morgan fingerprint density at radius 3 is 2.76 bits per heavy atom. The number of nitrogens with two attached hydrogens (primary N) is 1. The first-order valence-corrected chi connectivity index (χ1v) is 11.0. The van der Waals surface area contributed by atoms with Crippen molar-refractivity contribution in [3.8, 4) is 5.75 Å². The molecule has 1 aliphatic heterocycles. The topological polar surface area (TPSA) is 105 Å². The van der Waals surface area contributed by atoms with Crippen molar-refractivity contribution >= 4 is 17.5 Å². The van der Waals surface area contributed by atoms with Gasteiger partial charge in [-0.15, -0.1) is 0 Å². The van der Waals surface area contributed by atoms with Gasteiger partial charge in [-0.25, -0.2) is 0 Å². The van der Waals surface area contributed by atoms with Crippen molar-refractivity contribution in [1.82, 2.24) is 5.32 Å². The number of aryl methyl sites for hydroxylation is 1. The number of methoxy groups -OCH3 is 1. The SMILES string of the molecule is COc1ccccc1C(=O)NC(/C=C\C(C)C(=O)N1CCCC(O)c2cc(C)ccc21)=C/N. The van der Waals surface area contributed by atoms with Crippen LogP contribution >= 0.6 is 0 Å². The quantitative estimate of drug-likeness (QED) is 0.585. The van der Waals surface area contributed by atoms with Crippen molar-refractivity contribution in [2.24, 2.45) is 11.7 Å². The second-order valence-corrected chi connectivity index (χ2v) is 8.13. The minimum absolute atomic E-state index is 0.0853. The molecule has 1 aliphatic rings. The number of fused-ring (bicyclic) bond motifs is 1. The summed E-state index contributed by atoms with van der Waals surface area (Å²) in [5, 5.41) is 13.2. The molecule has 7 nitrogen and oxygen atoms in total. The highest BCUT2D eigenvalue weighted by atomic mass is 16.5. The fraction of sp³-hybridized carbons (Fsp3) is 0.308. The van der Waals surface area contributed by atoms with E-state index < -0.39 is 12.0 Å². The lowest BCUT2D eigenvalue weighted by atomic mass is 10.0. The normalized spacial score (nSPS) is 17.3. The van der Waals surface area contributed by atoms with Gasteiger partial charge in [0, 0.05) is 24.0 Å². The molecular formula is C26H31N3O4. The molecule has 7 heteroatoms. The Hall–Kier alpha value is -3.58. The Kier molecular flexibility index (Phi) is 7.90. The van der Waals surface area contributed by atoms with E-state index in [1.54, 1.807) is 48.2 Å². The van der Waals surface area contributed by atoms with Crippen LogP contribution in [-0.2, 0) is 4.79 Å². The van der Waals surface area contributed by atoms with Gasteiger partial charge in [0.25, 0.3) is 5.91 Å². The molecule has 2 aromatic rings. The number of aliphatic hydroxyl groups excluding tert-OH is 1. The molecule has 4 N–H and O–H groups in total. The second kappa shape index (κ2) is 10.8. The summed E-state index contributed by atoms with van der Waals surface area (Å²) in [6.07, 6.45) is 5.35. The molecule has 0 bridgehead atoms. The summed E-state index contributed by atoms with van der Waals surface area (Å²) in [4.78, 5) is 27.6. The molecule has 0 spiro atoms. The molecule has 2 amide bonds. The maximum absolute atomic E-state index is 13.3. The lowest BCUT2D eigenvalue weighted by Gasteiger charge is -2.25. The molecule has 0 aromatic heterocycles.